The molecule has 0 saturated carbocycles. The van der Waals surface area contributed by atoms with Gasteiger partial charge in [0.15, 0.2) is 0 Å². The van der Waals surface area contributed by atoms with Crippen LogP contribution >= 0.6 is 11.3 Å². The molecule has 1 aromatic heterocycles. The Balaban J connectivity index is 2.42. The zero-order chi connectivity index (χ0) is 7.40. The number of thiazole rings is 1. The zero-order valence-electron chi connectivity index (χ0n) is 6.35. The summed E-state index contributed by atoms with van der Waals surface area (Å²) in [6, 6.07) is 0. The Morgan fingerprint density at radius 2 is 2.50 bits per heavy atom. The molecule has 0 aliphatic rings. The van der Waals surface area contributed by atoms with Crippen LogP contribution in [0.1, 0.15) is 17.6 Å². The van der Waals surface area contributed by atoms with Crippen molar-refractivity contribution in [2.45, 2.75) is 20.4 Å². The molecule has 0 saturated heterocycles. The molecule has 0 atom stereocenters. The van der Waals surface area contributed by atoms with Gasteiger partial charge in [-0.1, -0.05) is 6.92 Å². The van der Waals surface area contributed by atoms with Gasteiger partial charge in [-0.2, -0.15) is 0 Å². The fourth-order valence-electron chi connectivity index (χ4n) is 0.743. The Kier molecular flexibility index (Phi) is 2.83. The van der Waals surface area contributed by atoms with Gasteiger partial charge >= 0.3 is 0 Å². The Bertz CT molecular complexity index is 195. The van der Waals surface area contributed by atoms with Gasteiger partial charge in [0.1, 0.15) is 0 Å². The van der Waals surface area contributed by atoms with Crippen LogP contribution in [0.5, 0.6) is 0 Å². The van der Waals surface area contributed by atoms with E-state index in [1.807, 2.05) is 6.92 Å². The first-order valence-corrected chi connectivity index (χ1v) is 4.32. The number of hydrogen-bond donors (Lipinski definition) is 1. The lowest BCUT2D eigenvalue weighted by molar-refractivity contribution is 0.713. The summed E-state index contributed by atoms with van der Waals surface area (Å²) in [5.41, 5.74) is 1.16. The van der Waals surface area contributed by atoms with E-state index in [0.29, 0.717) is 0 Å². The monoisotopic (exact) mass is 156 g/mol. The normalized spacial score (nSPS) is 10.2. The van der Waals surface area contributed by atoms with Crippen LogP contribution in [0.25, 0.3) is 0 Å². The van der Waals surface area contributed by atoms with E-state index >= 15 is 0 Å². The van der Waals surface area contributed by atoms with Crippen molar-refractivity contribution in [2.75, 3.05) is 6.54 Å². The minimum Gasteiger partial charge on any atom is -0.311 e. The van der Waals surface area contributed by atoms with Crippen molar-refractivity contribution in [2.24, 2.45) is 0 Å². The van der Waals surface area contributed by atoms with E-state index in [1.54, 1.807) is 11.3 Å². The number of aromatic nitrogens is 1. The summed E-state index contributed by atoms with van der Waals surface area (Å²) in [5.74, 6) is 0. The van der Waals surface area contributed by atoms with Gasteiger partial charge in [0.05, 0.1) is 10.7 Å². The van der Waals surface area contributed by atoms with E-state index in [2.05, 4.69) is 22.6 Å². The van der Waals surface area contributed by atoms with Gasteiger partial charge < -0.3 is 5.32 Å². The zero-order valence-corrected chi connectivity index (χ0v) is 7.16. The number of nitrogens with one attached hydrogen (secondary N) is 1. The van der Waals surface area contributed by atoms with Crippen LogP contribution in [0.2, 0.25) is 0 Å². The molecule has 0 aliphatic heterocycles. The minimum absolute atomic E-state index is 0.904. The van der Waals surface area contributed by atoms with Gasteiger partial charge in [0.25, 0.3) is 0 Å². The summed E-state index contributed by atoms with van der Waals surface area (Å²) in [6.45, 7) is 6.04. The van der Waals surface area contributed by atoms with E-state index in [4.69, 9.17) is 0 Å². The molecule has 10 heavy (non-hydrogen) atoms. The van der Waals surface area contributed by atoms with Crippen molar-refractivity contribution in [3.8, 4) is 0 Å². The van der Waals surface area contributed by atoms with E-state index in [0.717, 1.165) is 23.8 Å². The minimum atomic E-state index is 0.904. The highest BCUT2D eigenvalue weighted by Gasteiger charge is 1.94. The lowest BCUT2D eigenvalue weighted by atomic mass is 10.5. The molecule has 3 heteroatoms. The van der Waals surface area contributed by atoms with Crippen LogP contribution in [0.15, 0.2) is 5.38 Å². The van der Waals surface area contributed by atoms with Crippen LogP contribution < -0.4 is 5.32 Å². The fourth-order valence-corrected chi connectivity index (χ4v) is 1.36. The fraction of sp³-hybridized carbons (Fsp3) is 0.571. The predicted molar refractivity (Wildman–Crippen MR) is 44.2 cm³/mol. The molecule has 0 radical (unpaired) electrons. The molecule has 0 aromatic carbocycles. The molecule has 0 amide bonds. The summed E-state index contributed by atoms with van der Waals surface area (Å²) >= 11 is 1.70. The molecule has 1 rings (SSSR count). The van der Waals surface area contributed by atoms with Crippen LogP contribution in [-0.4, -0.2) is 11.5 Å². The first-order chi connectivity index (χ1) is 4.83. The molecule has 2 nitrogen and oxygen atoms in total. The molecular weight excluding hydrogens is 144 g/mol. The molecule has 1 heterocycles. The Morgan fingerprint density at radius 1 is 1.70 bits per heavy atom. The topological polar surface area (TPSA) is 24.9 Å². The summed E-state index contributed by atoms with van der Waals surface area (Å²) < 4.78 is 0. The van der Waals surface area contributed by atoms with E-state index in [1.165, 1.54) is 0 Å². The summed E-state index contributed by atoms with van der Waals surface area (Å²) in [4.78, 5) is 4.30. The third kappa shape index (κ3) is 2.08. The second kappa shape index (κ2) is 3.68. The molecule has 0 fully saturated rings. The Labute approximate surface area is 65.3 Å². The van der Waals surface area contributed by atoms with Gasteiger partial charge in [-0.3, -0.25) is 0 Å². The first kappa shape index (κ1) is 7.69. The Morgan fingerprint density at radius 3 is 3.00 bits per heavy atom. The van der Waals surface area contributed by atoms with Gasteiger partial charge in [0.2, 0.25) is 0 Å². The van der Waals surface area contributed by atoms with Crippen molar-refractivity contribution in [3.05, 3.63) is 16.1 Å². The van der Waals surface area contributed by atoms with Gasteiger partial charge in [-0.05, 0) is 13.5 Å². The van der Waals surface area contributed by atoms with Gasteiger partial charge in [0, 0.05) is 11.9 Å². The van der Waals surface area contributed by atoms with Crippen LogP contribution in [0, 0.1) is 6.92 Å². The molecule has 0 aliphatic carbocycles. The maximum absolute atomic E-state index is 4.30. The van der Waals surface area contributed by atoms with Crippen LogP contribution in [-0.2, 0) is 6.54 Å². The summed E-state index contributed by atoms with van der Waals surface area (Å²) in [6.07, 6.45) is 0. The lowest BCUT2D eigenvalue weighted by Gasteiger charge is -1.94. The number of aryl methyl sites for hydroxylation is 1. The average molecular weight is 156 g/mol. The van der Waals surface area contributed by atoms with Gasteiger partial charge in [-0.15, -0.1) is 11.3 Å². The summed E-state index contributed by atoms with van der Waals surface area (Å²) in [5, 5.41) is 6.46. The average Bonchev–Trinajstić information content (AvgIpc) is 2.31. The standard InChI is InChI=1S/C7H12N2S/c1-3-8-4-7-5-10-6(2)9-7/h5,8H,3-4H2,1-2H3. The first-order valence-electron chi connectivity index (χ1n) is 3.44. The maximum atomic E-state index is 4.30. The molecular formula is C7H12N2S. The SMILES string of the molecule is CCNCc1csc(C)n1. The third-order valence-electron chi connectivity index (χ3n) is 1.22. The third-order valence-corrected chi connectivity index (χ3v) is 2.05. The second-order valence-corrected chi connectivity index (χ2v) is 3.20. The van der Waals surface area contributed by atoms with E-state index < -0.39 is 0 Å². The predicted octanol–water partition coefficient (Wildman–Crippen LogP) is 1.56. The van der Waals surface area contributed by atoms with Crippen LogP contribution in [0.3, 0.4) is 0 Å². The molecule has 0 unspecified atom stereocenters. The van der Waals surface area contributed by atoms with E-state index in [-0.39, 0.29) is 0 Å². The van der Waals surface area contributed by atoms with Crippen LogP contribution in [0.4, 0.5) is 0 Å². The highest BCUT2D eigenvalue weighted by atomic mass is 32.1. The molecule has 0 bridgehead atoms. The molecule has 0 spiro atoms. The highest BCUT2D eigenvalue weighted by Crippen LogP contribution is 2.06. The maximum Gasteiger partial charge on any atom is 0.0897 e. The molecule has 1 aromatic rings. The number of hydrogen-bond acceptors (Lipinski definition) is 3. The smallest absolute Gasteiger partial charge is 0.0897 e. The van der Waals surface area contributed by atoms with Crippen molar-refractivity contribution in [3.63, 3.8) is 0 Å². The lowest BCUT2D eigenvalue weighted by Crippen LogP contribution is -2.11. The number of rotatable bonds is 3. The van der Waals surface area contributed by atoms with Crippen molar-refractivity contribution in [1.82, 2.24) is 10.3 Å². The second-order valence-electron chi connectivity index (χ2n) is 2.14. The largest absolute Gasteiger partial charge is 0.311 e. The van der Waals surface area contributed by atoms with Gasteiger partial charge in [-0.25, -0.2) is 4.98 Å². The van der Waals surface area contributed by atoms with Crippen molar-refractivity contribution < 1.29 is 0 Å². The highest BCUT2D eigenvalue weighted by molar-refractivity contribution is 7.09. The molecule has 1 N–H and O–H groups in total. The van der Waals surface area contributed by atoms with Crippen molar-refractivity contribution in [1.29, 1.82) is 0 Å². The van der Waals surface area contributed by atoms with Crippen molar-refractivity contribution >= 4 is 11.3 Å². The van der Waals surface area contributed by atoms with E-state index in [9.17, 15) is 0 Å². The quantitative estimate of drug-likeness (QED) is 0.718. The molecule has 56 valence electrons. The Hall–Kier alpha value is -0.410. The summed E-state index contributed by atoms with van der Waals surface area (Å²) in [7, 11) is 0. The number of nitrogens with zero attached hydrogens (tertiary/aromatic N) is 1.